The Morgan fingerprint density at radius 3 is 2.39 bits per heavy atom. The predicted octanol–water partition coefficient (Wildman–Crippen LogP) is 3.58. The van der Waals surface area contributed by atoms with Gasteiger partial charge in [0.25, 0.3) is 11.8 Å². The Bertz CT molecular complexity index is 758. The molecule has 0 radical (unpaired) electrons. The topological polar surface area (TPSA) is 49.4 Å². The van der Waals surface area contributed by atoms with Gasteiger partial charge in [0.1, 0.15) is 5.82 Å². The van der Waals surface area contributed by atoms with Crippen LogP contribution < -0.4 is 5.32 Å². The van der Waals surface area contributed by atoms with Crippen molar-refractivity contribution in [2.24, 2.45) is 0 Å². The summed E-state index contributed by atoms with van der Waals surface area (Å²) in [5, 5.41) is 3.09. The van der Waals surface area contributed by atoms with Gasteiger partial charge in [-0.1, -0.05) is 11.6 Å². The second-order valence-corrected chi connectivity index (χ2v) is 5.73. The number of hydrogen-bond donors (Lipinski definition) is 1. The first-order valence-electron chi connectivity index (χ1n) is 7.20. The monoisotopic (exact) mass is 332 g/mol. The minimum atomic E-state index is -0.426. The lowest BCUT2D eigenvalue weighted by Gasteiger charge is -2.31. The van der Waals surface area contributed by atoms with Gasteiger partial charge in [-0.3, -0.25) is 9.59 Å². The molecule has 23 heavy (non-hydrogen) atoms. The van der Waals surface area contributed by atoms with Crippen LogP contribution in [0.15, 0.2) is 42.5 Å². The normalized spacial score (nSPS) is 13.4. The fourth-order valence-corrected chi connectivity index (χ4v) is 2.46. The van der Waals surface area contributed by atoms with Crippen LogP contribution in [0, 0.1) is 5.82 Å². The molecule has 3 rings (SSSR count). The summed E-state index contributed by atoms with van der Waals surface area (Å²) in [6.07, 6.45) is 0.983. The van der Waals surface area contributed by atoms with E-state index in [1.807, 2.05) is 0 Å². The van der Waals surface area contributed by atoms with Gasteiger partial charge in [0, 0.05) is 23.7 Å². The molecule has 1 aliphatic rings. The van der Waals surface area contributed by atoms with Crippen molar-refractivity contribution in [3.05, 3.63) is 64.4 Å². The number of carbonyl (C=O) groups is 2. The fraction of sp³-hybridized carbons (Fsp3) is 0.176. The molecule has 0 saturated carbocycles. The zero-order valence-electron chi connectivity index (χ0n) is 12.2. The van der Waals surface area contributed by atoms with Crippen molar-refractivity contribution in [1.82, 2.24) is 4.90 Å². The quantitative estimate of drug-likeness (QED) is 0.934. The molecule has 6 heteroatoms. The molecule has 0 aliphatic carbocycles. The standard InChI is InChI=1S/C17H14ClFN2O2/c18-12-4-7-14(17(23)21-8-1-9-21)15(10-12)20-16(22)11-2-5-13(19)6-3-11/h2-7,10H,1,8-9H2,(H,20,22). The molecular formula is C17H14ClFN2O2. The van der Waals surface area contributed by atoms with E-state index in [4.69, 9.17) is 11.6 Å². The van der Waals surface area contributed by atoms with Gasteiger partial charge in [-0.05, 0) is 48.9 Å². The summed E-state index contributed by atoms with van der Waals surface area (Å²) in [6, 6.07) is 9.93. The zero-order chi connectivity index (χ0) is 16.4. The molecule has 1 N–H and O–H groups in total. The van der Waals surface area contributed by atoms with E-state index in [1.165, 1.54) is 30.3 Å². The zero-order valence-corrected chi connectivity index (χ0v) is 12.9. The maximum Gasteiger partial charge on any atom is 0.255 e. The summed E-state index contributed by atoms with van der Waals surface area (Å²) in [7, 11) is 0. The van der Waals surface area contributed by atoms with Gasteiger partial charge in [0.05, 0.1) is 11.3 Å². The van der Waals surface area contributed by atoms with Crippen LogP contribution in [0.4, 0.5) is 10.1 Å². The molecular weight excluding hydrogens is 319 g/mol. The molecule has 118 valence electrons. The Balaban J connectivity index is 1.86. The van der Waals surface area contributed by atoms with E-state index in [9.17, 15) is 14.0 Å². The highest BCUT2D eigenvalue weighted by Crippen LogP contribution is 2.25. The van der Waals surface area contributed by atoms with Crippen LogP contribution in [-0.4, -0.2) is 29.8 Å². The van der Waals surface area contributed by atoms with E-state index in [0.29, 0.717) is 34.9 Å². The van der Waals surface area contributed by atoms with Crippen molar-refractivity contribution in [1.29, 1.82) is 0 Å². The Morgan fingerprint density at radius 1 is 1.09 bits per heavy atom. The highest BCUT2D eigenvalue weighted by molar-refractivity contribution is 6.31. The molecule has 4 nitrogen and oxygen atoms in total. The average Bonchev–Trinajstić information content (AvgIpc) is 2.46. The number of amides is 2. The van der Waals surface area contributed by atoms with Crippen LogP contribution in [0.1, 0.15) is 27.1 Å². The van der Waals surface area contributed by atoms with Gasteiger partial charge in [0.2, 0.25) is 0 Å². The van der Waals surface area contributed by atoms with Crippen LogP contribution in [0.3, 0.4) is 0 Å². The van der Waals surface area contributed by atoms with Gasteiger partial charge in [-0.15, -0.1) is 0 Å². The number of benzene rings is 2. The van der Waals surface area contributed by atoms with E-state index in [-0.39, 0.29) is 5.91 Å². The van der Waals surface area contributed by atoms with Gasteiger partial charge in [0.15, 0.2) is 0 Å². The van der Waals surface area contributed by atoms with E-state index in [2.05, 4.69) is 5.32 Å². The highest BCUT2D eigenvalue weighted by Gasteiger charge is 2.24. The molecule has 2 aromatic rings. The second-order valence-electron chi connectivity index (χ2n) is 5.30. The molecule has 1 aliphatic heterocycles. The third-order valence-electron chi connectivity index (χ3n) is 3.71. The summed E-state index contributed by atoms with van der Waals surface area (Å²) in [5.41, 5.74) is 1.04. The van der Waals surface area contributed by atoms with Crippen LogP contribution in [0.5, 0.6) is 0 Å². The van der Waals surface area contributed by atoms with Crippen LogP contribution in [0.25, 0.3) is 0 Å². The highest BCUT2D eigenvalue weighted by atomic mass is 35.5. The first-order valence-corrected chi connectivity index (χ1v) is 7.58. The SMILES string of the molecule is O=C(Nc1cc(Cl)ccc1C(=O)N1CCC1)c1ccc(F)cc1. The van der Waals surface area contributed by atoms with Crippen LogP contribution in [0.2, 0.25) is 5.02 Å². The summed E-state index contributed by atoms with van der Waals surface area (Å²) in [6.45, 7) is 1.43. The van der Waals surface area contributed by atoms with Crippen LogP contribution >= 0.6 is 11.6 Å². The molecule has 2 aromatic carbocycles. The van der Waals surface area contributed by atoms with Gasteiger partial charge < -0.3 is 10.2 Å². The predicted molar refractivity (Wildman–Crippen MR) is 86.3 cm³/mol. The maximum absolute atomic E-state index is 12.9. The van der Waals surface area contributed by atoms with Gasteiger partial charge in [-0.25, -0.2) is 4.39 Å². The third kappa shape index (κ3) is 3.35. The maximum atomic E-state index is 12.9. The van der Waals surface area contributed by atoms with Crippen molar-refractivity contribution in [3.63, 3.8) is 0 Å². The minimum Gasteiger partial charge on any atom is -0.338 e. The smallest absolute Gasteiger partial charge is 0.255 e. The molecule has 1 fully saturated rings. The Labute approximate surface area is 137 Å². The molecule has 0 aromatic heterocycles. The second kappa shape index (κ2) is 6.38. The number of halogens is 2. The molecule has 0 bridgehead atoms. The number of nitrogens with one attached hydrogen (secondary N) is 1. The van der Waals surface area contributed by atoms with Crippen molar-refractivity contribution >= 4 is 29.1 Å². The molecule has 0 unspecified atom stereocenters. The summed E-state index contributed by atoms with van der Waals surface area (Å²) >= 11 is 5.97. The van der Waals surface area contributed by atoms with Crippen molar-refractivity contribution < 1.29 is 14.0 Å². The number of hydrogen-bond acceptors (Lipinski definition) is 2. The molecule has 0 spiro atoms. The lowest BCUT2D eigenvalue weighted by Crippen LogP contribution is -2.42. The van der Waals surface area contributed by atoms with E-state index in [1.54, 1.807) is 17.0 Å². The van der Waals surface area contributed by atoms with E-state index in [0.717, 1.165) is 6.42 Å². The largest absolute Gasteiger partial charge is 0.338 e. The third-order valence-corrected chi connectivity index (χ3v) is 3.95. The Kier molecular flexibility index (Phi) is 4.30. The molecule has 2 amide bonds. The van der Waals surface area contributed by atoms with Crippen molar-refractivity contribution in [2.45, 2.75) is 6.42 Å². The van der Waals surface area contributed by atoms with E-state index >= 15 is 0 Å². The lowest BCUT2D eigenvalue weighted by molar-refractivity contribution is 0.0653. The summed E-state index contributed by atoms with van der Waals surface area (Å²) in [4.78, 5) is 26.4. The summed E-state index contributed by atoms with van der Waals surface area (Å²) in [5.74, 6) is -0.981. The fourth-order valence-electron chi connectivity index (χ4n) is 2.29. The molecule has 1 heterocycles. The first-order chi connectivity index (χ1) is 11.0. The number of rotatable bonds is 3. The molecule has 1 saturated heterocycles. The first kappa shape index (κ1) is 15.5. The van der Waals surface area contributed by atoms with Crippen molar-refractivity contribution in [3.8, 4) is 0 Å². The van der Waals surface area contributed by atoms with Crippen LogP contribution in [-0.2, 0) is 0 Å². The average molecular weight is 333 g/mol. The number of nitrogens with zero attached hydrogens (tertiary/aromatic N) is 1. The summed E-state index contributed by atoms with van der Waals surface area (Å²) < 4.78 is 12.9. The lowest BCUT2D eigenvalue weighted by atomic mass is 10.1. The Hall–Kier alpha value is -2.40. The minimum absolute atomic E-state index is 0.137. The number of carbonyl (C=O) groups excluding carboxylic acids is 2. The van der Waals surface area contributed by atoms with Crippen molar-refractivity contribution in [2.75, 3.05) is 18.4 Å². The number of likely N-dealkylation sites (tertiary alicyclic amines) is 1. The number of anilines is 1. The Morgan fingerprint density at radius 2 is 1.78 bits per heavy atom. The van der Waals surface area contributed by atoms with Gasteiger partial charge >= 0.3 is 0 Å². The molecule has 0 atom stereocenters. The van der Waals surface area contributed by atoms with E-state index < -0.39 is 11.7 Å². The van der Waals surface area contributed by atoms with Gasteiger partial charge in [-0.2, -0.15) is 0 Å².